The normalized spacial score (nSPS) is 25.0. The number of nitrogens with zero attached hydrogens (tertiary/aromatic N) is 4. The predicted molar refractivity (Wildman–Crippen MR) is 123 cm³/mol. The van der Waals surface area contributed by atoms with Crippen LogP contribution in [0.1, 0.15) is 39.4 Å². The van der Waals surface area contributed by atoms with E-state index < -0.39 is 5.54 Å². The van der Waals surface area contributed by atoms with E-state index in [4.69, 9.17) is 5.10 Å². The molecule has 0 aromatic heterocycles. The Morgan fingerprint density at radius 3 is 2.55 bits per heavy atom. The molecule has 6 rings (SSSR count). The first-order valence-electron chi connectivity index (χ1n) is 10.5. The van der Waals surface area contributed by atoms with Crippen molar-refractivity contribution in [1.29, 1.82) is 0 Å². The number of carbonyl (C=O) groups excluding carboxylic acids is 1. The van der Waals surface area contributed by atoms with Crippen molar-refractivity contribution >= 4 is 23.5 Å². The SMILES string of the molecule is Cc1cc(C)c(C2=NN3C=Cc4ccccc4C3C23C(=O)N=C2C=CC=CN23)c(C)c1. The van der Waals surface area contributed by atoms with Crippen LogP contribution >= 0.6 is 0 Å². The summed E-state index contributed by atoms with van der Waals surface area (Å²) in [6, 6.07) is 12.3. The second-order valence-corrected chi connectivity index (χ2v) is 8.56. The third-order valence-corrected chi connectivity index (χ3v) is 6.61. The van der Waals surface area contributed by atoms with Gasteiger partial charge in [0.25, 0.3) is 5.91 Å². The van der Waals surface area contributed by atoms with Crippen LogP contribution in [-0.4, -0.2) is 32.9 Å². The second kappa shape index (κ2) is 6.14. The maximum Gasteiger partial charge on any atom is 0.282 e. The van der Waals surface area contributed by atoms with Crippen LogP contribution < -0.4 is 0 Å². The molecule has 4 heterocycles. The Kier molecular flexibility index (Phi) is 3.58. The van der Waals surface area contributed by atoms with Gasteiger partial charge in [-0.3, -0.25) is 9.80 Å². The van der Waals surface area contributed by atoms with Crippen LogP contribution in [-0.2, 0) is 4.79 Å². The molecule has 2 atom stereocenters. The molecule has 0 N–H and O–H groups in total. The zero-order valence-corrected chi connectivity index (χ0v) is 17.7. The maximum atomic E-state index is 13.9. The summed E-state index contributed by atoms with van der Waals surface area (Å²) in [4.78, 5) is 20.4. The number of hydrazone groups is 1. The van der Waals surface area contributed by atoms with Gasteiger partial charge in [-0.1, -0.05) is 48.0 Å². The van der Waals surface area contributed by atoms with Crippen LogP contribution in [0.2, 0.25) is 0 Å². The highest BCUT2D eigenvalue weighted by atomic mass is 16.2. The van der Waals surface area contributed by atoms with Crippen molar-refractivity contribution in [2.24, 2.45) is 10.1 Å². The topological polar surface area (TPSA) is 48.3 Å². The van der Waals surface area contributed by atoms with E-state index in [9.17, 15) is 4.79 Å². The highest BCUT2D eigenvalue weighted by Crippen LogP contribution is 2.51. The van der Waals surface area contributed by atoms with Crippen molar-refractivity contribution in [3.8, 4) is 0 Å². The van der Waals surface area contributed by atoms with Gasteiger partial charge in [0.2, 0.25) is 0 Å². The van der Waals surface area contributed by atoms with Crippen molar-refractivity contribution in [3.63, 3.8) is 0 Å². The number of fused-ring (bicyclic) bond motifs is 6. The van der Waals surface area contributed by atoms with Gasteiger partial charge in [-0.2, -0.15) is 10.1 Å². The van der Waals surface area contributed by atoms with Crippen LogP contribution in [0.4, 0.5) is 0 Å². The Bertz CT molecular complexity index is 1290. The van der Waals surface area contributed by atoms with Gasteiger partial charge in [0, 0.05) is 18.0 Å². The number of hydrogen-bond donors (Lipinski definition) is 0. The van der Waals surface area contributed by atoms with Crippen LogP contribution in [0.5, 0.6) is 0 Å². The van der Waals surface area contributed by atoms with Crippen LogP contribution in [0.3, 0.4) is 0 Å². The van der Waals surface area contributed by atoms with Gasteiger partial charge in [-0.15, -0.1) is 0 Å². The fraction of sp³-hybridized carbons (Fsp3) is 0.192. The second-order valence-electron chi connectivity index (χ2n) is 8.56. The first-order valence-corrected chi connectivity index (χ1v) is 10.5. The number of carbonyl (C=O) groups is 1. The summed E-state index contributed by atoms with van der Waals surface area (Å²) in [6.07, 6.45) is 11.8. The van der Waals surface area contributed by atoms with Crippen molar-refractivity contribution in [2.45, 2.75) is 32.4 Å². The fourth-order valence-electron chi connectivity index (χ4n) is 5.50. The van der Waals surface area contributed by atoms with E-state index >= 15 is 0 Å². The molecule has 0 radical (unpaired) electrons. The molecule has 0 fully saturated rings. The number of hydrogen-bond acceptors (Lipinski definition) is 4. The quantitative estimate of drug-likeness (QED) is 0.704. The zero-order chi connectivity index (χ0) is 21.3. The molecule has 2 aromatic carbocycles. The summed E-state index contributed by atoms with van der Waals surface area (Å²) in [6.45, 7) is 6.29. The molecule has 31 heavy (non-hydrogen) atoms. The average molecular weight is 406 g/mol. The van der Waals surface area contributed by atoms with E-state index in [1.165, 1.54) is 5.56 Å². The number of aryl methyl sites for hydroxylation is 3. The Hall–Kier alpha value is -3.73. The molecule has 1 spiro atoms. The molecule has 5 heteroatoms. The third kappa shape index (κ3) is 2.23. The minimum Gasteiger partial charge on any atom is -0.310 e. The third-order valence-electron chi connectivity index (χ3n) is 6.61. The minimum absolute atomic E-state index is 0.172. The number of allylic oxidation sites excluding steroid dienone is 2. The lowest BCUT2D eigenvalue weighted by Crippen LogP contribution is -2.59. The Morgan fingerprint density at radius 2 is 1.74 bits per heavy atom. The fourth-order valence-corrected chi connectivity index (χ4v) is 5.50. The number of benzene rings is 2. The molecule has 0 saturated carbocycles. The Labute approximate surface area is 181 Å². The molecular formula is C26H22N4O. The van der Waals surface area contributed by atoms with E-state index in [1.807, 2.05) is 52.7 Å². The number of aliphatic imine (C=N–C) groups is 1. The number of rotatable bonds is 1. The summed E-state index contributed by atoms with van der Waals surface area (Å²) >= 11 is 0. The molecule has 1 amide bonds. The standard InChI is InChI=1S/C26H22N4O/c1-16-14-17(2)22(18(3)15-16)23-26(25(31)27-21-10-6-7-12-29(21)26)24-20-9-5-4-8-19(20)11-13-30(24)28-23/h4-15,24H,1-3H3. The monoisotopic (exact) mass is 406 g/mol. The van der Waals surface area contributed by atoms with Crippen molar-refractivity contribution in [1.82, 2.24) is 9.91 Å². The molecule has 4 aliphatic rings. The van der Waals surface area contributed by atoms with Crippen molar-refractivity contribution in [3.05, 3.63) is 100 Å². The van der Waals surface area contributed by atoms with Gasteiger partial charge in [-0.25, -0.2) is 0 Å². The van der Waals surface area contributed by atoms with Gasteiger partial charge in [0.05, 0.1) is 0 Å². The molecule has 0 saturated heterocycles. The number of amides is 1. The summed E-state index contributed by atoms with van der Waals surface area (Å²) < 4.78 is 0. The molecule has 0 bridgehead atoms. The van der Waals surface area contributed by atoms with Gasteiger partial charge < -0.3 is 4.90 Å². The summed E-state index contributed by atoms with van der Waals surface area (Å²) in [5.74, 6) is 0.492. The highest BCUT2D eigenvalue weighted by Gasteiger charge is 2.65. The Balaban J connectivity index is 1.67. The molecule has 152 valence electrons. The highest BCUT2D eigenvalue weighted by molar-refractivity contribution is 6.30. The molecule has 2 unspecified atom stereocenters. The zero-order valence-electron chi connectivity index (χ0n) is 17.7. The minimum atomic E-state index is -1.05. The largest absolute Gasteiger partial charge is 0.310 e. The summed E-state index contributed by atoms with van der Waals surface area (Å²) in [7, 11) is 0. The average Bonchev–Trinajstić information content (AvgIpc) is 3.24. The molecule has 4 aliphatic heterocycles. The van der Waals surface area contributed by atoms with E-state index in [0.717, 1.165) is 33.5 Å². The van der Waals surface area contributed by atoms with Gasteiger partial charge in [0.1, 0.15) is 17.6 Å². The lowest BCUT2D eigenvalue weighted by atomic mass is 9.74. The number of amidine groups is 1. The van der Waals surface area contributed by atoms with Crippen LogP contribution in [0, 0.1) is 20.8 Å². The van der Waals surface area contributed by atoms with Crippen LogP contribution in [0.25, 0.3) is 6.08 Å². The van der Waals surface area contributed by atoms with Crippen molar-refractivity contribution in [2.75, 3.05) is 0 Å². The lowest BCUT2D eigenvalue weighted by molar-refractivity contribution is -0.123. The van der Waals surface area contributed by atoms with E-state index in [0.29, 0.717) is 5.84 Å². The van der Waals surface area contributed by atoms with E-state index in [-0.39, 0.29) is 11.9 Å². The molecular weight excluding hydrogens is 384 g/mol. The van der Waals surface area contributed by atoms with Crippen LogP contribution in [0.15, 0.2) is 77.1 Å². The maximum absolute atomic E-state index is 13.9. The smallest absolute Gasteiger partial charge is 0.282 e. The Morgan fingerprint density at radius 1 is 0.968 bits per heavy atom. The van der Waals surface area contributed by atoms with E-state index in [1.54, 1.807) is 0 Å². The summed E-state index contributed by atoms with van der Waals surface area (Å²) in [5, 5.41) is 7.02. The van der Waals surface area contributed by atoms with Gasteiger partial charge in [0.15, 0.2) is 5.54 Å². The van der Waals surface area contributed by atoms with Crippen molar-refractivity contribution < 1.29 is 4.79 Å². The first kappa shape index (κ1) is 18.1. The lowest BCUT2D eigenvalue weighted by Gasteiger charge is -2.41. The van der Waals surface area contributed by atoms with Gasteiger partial charge in [-0.05, 0) is 61.3 Å². The molecule has 0 aliphatic carbocycles. The predicted octanol–water partition coefficient (Wildman–Crippen LogP) is 4.42. The molecule has 5 nitrogen and oxygen atoms in total. The molecule has 2 aromatic rings. The van der Waals surface area contributed by atoms with Gasteiger partial charge >= 0.3 is 0 Å². The summed E-state index contributed by atoms with van der Waals surface area (Å²) in [5.41, 5.74) is 6.35. The van der Waals surface area contributed by atoms with E-state index in [2.05, 4.69) is 56.1 Å². The first-order chi connectivity index (χ1) is 15.0.